The Kier molecular flexibility index (Phi) is 3.39. The molecule has 0 aliphatic heterocycles. The van der Waals surface area contributed by atoms with E-state index in [0.717, 1.165) is 0 Å². The molecule has 0 saturated carbocycles. The average Bonchev–Trinajstić information content (AvgIpc) is 2.77. The molecule has 1 aromatic heterocycles. The van der Waals surface area contributed by atoms with E-state index in [4.69, 9.17) is 11.0 Å². The van der Waals surface area contributed by atoms with Crippen molar-refractivity contribution < 1.29 is 4.92 Å². The van der Waals surface area contributed by atoms with E-state index >= 15 is 0 Å². The normalized spacial score (nSPS) is 10.5. The van der Waals surface area contributed by atoms with Gasteiger partial charge in [0.1, 0.15) is 5.69 Å². The Labute approximate surface area is 115 Å². The molecule has 0 amide bonds. The molecule has 2 rings (SSSR count). The summed E-state index contributed by atoms with van der Waals surface area (Å²) >= 11 is 0. The SMILES string of the molecule is CC(C)c1nn(-c2ccc(C#N)cc2)c(N)c1[N+](=O)[O-]. The van der Waals surface area contributed by atoms with E-state index in [2.05, 4.69) is 5.10 Å². The lowest BCUT2D eigenvalue weighted by atomic mass is 10.1. The molecule has 0 unspecified atom stereocenters. The molecule has 2 N–H and O–H groups in total. The van der Waals surface area contributed by atoms with Crippen LogP contribution in [0.4, 0.5) is 11.5 Å². The first kappa shape index (κ1) is 13.5. The average molecular weight is 271 g/mol. The third kappa shape index (κ3) is 2.19. The molecule has 0 atom stereocenters. The van der Waals surface area contributed by atoms with E-state index in [0.29, 0.717) is 16.9 Å². The van der Waals surface area contributed by atoms with Gasteiger partial charge in [-0.3, -0.25) is 10.1 Å². The van der Waals surface area contributed by atoms with Crippen molar-refractivity contribution in [2.75, 3.05) is 5.73 Å². The fraction of sp³-hybridized carbons (Fsp3) is 0.231. The second kappa shape index (κ2) is 5.01. The molecule has 20 heavy (non-hydrogen) atoms. The van der Waals surface area contributed by atoms with Gasteiger partial charge in [-0.05, 0) is 24.3 Å². The highest BCUT2D eigenvalue weighted by Crippen LogP contribution is 2.32. The Bertz CT molecular complexity index is 695. The topological polar surface area (TPSA) is 111 Å². The van der Waals surface area contributed by atoms with E-state index < -0.39 is 4.92 Å². The summed E-state index contributed by atoms with van der Waals surface area (Å²) in [6.45, 7) is 3.63. The van der Waals surface area contributed by atoms with Crippen molar-refractivity contribution in [2.45, 2.75) is 19.8 Å². The Balaban J connectivity index is 2.60. The van der Waals surface area contributed by atoms with Crippen LogP contribution in [0.3, 0.4) is 0 Å². The van der Waals surface area contributed by atoms with Gasteiger partial charge in [-0.2, -0.15) is 10.4 Å². The summed E-state index contributed by atoms with van der Waals surface area (Å²) in [6, 6.07) is 8.52. The number of hydrogen-bond acceptors (Lipinski definition) is 5. The predicted octanol–water partition coefficient (Wildman–Crippen LogP) is 2.36. The van der Waals surface area contributed by atoms with Crippen LogP contribution in [0, 0.1) is 21.4 Å². The standard InChI is InChI=1S/C13H13N5O2/c1-8(2)11-12(18(19)20)13(15)17(16-11)10-5-3-9(7-14)4-6-10/h3-6,8H,15H2,1-2H3. The number of aromatic nitrogens is 2. The van der Waals surface area contributed by atoms with Crippen molar-refractivity contribution in [3.8, 4) is 11.8 Å². The van der Waals surface area contributed by atoms with E-state index in [1.165, 1.54) is 4.68 Å². The lowest BCUT2D eigenvalue weighted by Crippen LogP contribution is -2.03. The van der Waals surface area contributed by atoms with Crippen molar-refractivity contribution >= 4 is 11.5 Å². The Hall–Kier alpha value is -2.88. The molecular formula is C13H13N5O2. The fourth-order valence-electron chi connectivity index (χ4n) is 1.89. The predicted molar refractivity (Wildman–Crippen MR) is 73.4 cm³/mol. The minimum atomic E-state index is -0.516. The molecule has 0 spiro atoms. The minimum absolute atomic E-state index is 0.0107. The molecule has 0 radical (unpaired) electrons. The number of hydrogen-bond donors (Lipinski definition) is 1. The molecule has 1 heterocycles. The number of benzene rings is 1. The molecular weight excluding hydrogens is 258 g/mol. The van der Waals surface area contributed by atoms with Gasteiger partial charge in [-0.25, -0.2) is 4.68 Å². The van der Waals surface area contributed by atoms with Gasteiger partial charge in [-0.15, -0.1) is 0 Å². The molecule has 0 aliphatic rings. The first-order valence-electron chi connectivity index (χ1n) is 5.99. The summed E-state index contributed by atoms with van der Waals surface area (Å²) in [5.41, 5.74) is 7.10. The van der Waals surface area contributed by atoms with Gasteiger partial charge in [0.2, 0.25) is 5.82 Å². The molecule has 0 fully saturated rings. The third-order valence-electron chi connectivity index (χ3n) is 2.89. The number of nitro groups is 1. The van der Waals surface area contributed by atoms with Crippen molar-refractivity contribution in [3.63, 3.8) is 0 Å². The summed E-state index contributed by atoms with van der Waals surface area (Å²) in [5, 5.41) is 24.1. The third-order valence-corrected chi connectivity index (χ3v) is 2.89. The van der Waals surface area contributed by atoms with E-state index in [9.17, 15) is 10.1 Å². The fourth-order valence-corrected chi connectivity index (χ4v) is 1.89. The molecule has 7 nitrogen and oxygen atoms in total. The van der Waals surface area contributed by atoms with E-state index in [1.807, 2.05) is 19.9 Å². The van der Waals surface area contributed by atoms with Crippen molar-refractivity contribution in [3.05, 3.63) is 45.6 Å². The Morgan fingerprint density at radius 3 is 2.40 bits per heavy atom. The highest BCUT2D eigenvalue weighted by Gasteiger charge is 2.28. The van der Waals surface area contributed by atoms with Crippen LogP contribution in [0.5, 0.6) is 0 Å². The summed E-state index contributed by atoms with van der Waals surface area (Å²) in [6.07, 6.45) is 0. The van der Waals surface area contributed by atoms with Gasteiger partial charge in [-0.1, -0.05) is 13.8 Å². The molecule has 2 aromatic rings. The lowest BCUT2D eigenvalue weighted by molar-refractivity contribution is -0.384. The van der Waals surface area contributed by atoms with Crippen LogP contribution in [-0.2, 0) is 0 Å². The van der Waals surface area contributed by atoms with Gasteiger partial charge in [0.15, 0.2) is 0 Å². The van der Waals surface area contributed by atoms with Crippen LogP contribution >= 0.6 is 0 Å². The molecule has 0 bridgehead atoms. The Morgan fingerprint density at radius 2 is 2.00 bits per heavy atom. The van der Waals surface area contributed by atoms with Crippen molar-refractivity contribution in [2.24, 2.45) is 0 Å². The quantitative estimate of drug-likeness (QED) is 0.680. The van der Waals surface area contributed by atoms with Gasteiger partial charge in [0, 0.05) is 5.92 Å². The minimum Gasteiger partial charge on any atom is -0.378 e. The van der Waals surface area contributed by atoms with Crippen LogP contribution in [0.1, 0.15) is 31.0 Å². The van der Waals surface area contributed by atoms with Crippen LogP contribution < -0.4 is 5.73 Å². The molecule has 102 valence electrons. The zero-order valence-electron chi connectivity index (χ0n) is 11.1. The molecule has 0 aliphatic carbocycles. The van der Waals surface area contributed by atoms with Crippen LogP contribution in [0.15, 0.2) is 24.3 Å². The number of anilines is 1. The van der Waals surface area contributed by atoms with Gasteiger partial charge in [0.25, 0.3) is 0 Å². The zero-order valence-corrected chi connectivity index (χ0v) is 11.1. The Morgan fingerprint density at radius 1 is 1.40 bits per heavy atom. The molecule has 0 saturated heterocycles. The van der Waals surface area contributed by atoms with Crippen LogP contribution in [0.2, 0.25) is 0 Å². The lowest BCUT2D eigenvalue weighted by Gasteiger charge is -2.02. The van der Waals surface area contributed by atoms with Crippen LogP contribution in [-0.4, -0.2) is 14.7 Å². The summed E-state index contributed by atoms with van der Waals surface area (Å²) in [7, 11) is 0. The second-order valence-electron chi connectivity index (χ2n) is 4.60. The maximum Gasteiger partial charge on any atom is 0.334 e. The van der Waals surface area contributed by atoms with E-state index in [-0.39, 0.29) is 17.4 Å². The van der Waals surface area contributed by atoms with Gasteiger partial charge < -0.3 is 5.73 Å². The van der Waals surface area contributed by atoms with Crippen LogP contribution in [0.25, 0.3) is 5.69 Å². The van der Waals surface area contributed by atoms with Crippen molar-refractivity contribution in [1.82, 2.24) is 9.78 Å². The maximum absolute atomic E-state index is 11.1. The number of nitrogens with zero attached hydrogens (tertiary/aromatic N) is 4. The van der Waals surface area contributed by atoms with Gasteiger partial charge >= 0.3 is 5.69 Å². The largest absolute Gasteiger partial charge is 0.378 e. The van der Waals surface area contributed by atoms with Gasteiger partial charge in [0.05, 0.1) is 22.2 Å². The second-order valence-corrected chi connectivity index (χ2v) is 4.60. The number of nitrogens with two attached hydrogens (primary N) is 1. The highest BCUT2D eigenvalue weighted by molar-refractivity contribution is 5.61. The summed E-state index contributed by atoms with van der Waals surface area (Å²) in [4.78, 5) is 10.6. The first-order chi connectivity index (χ1) is 9.45. The summed E-state index contributed by atoms with van der Waals surface area (Å²) in [5.74, 6) is -0.124. The zero-order chi connectivity index (χ0) is 14.9. The first-order valence-corrected chi connectivity index (χ1v) is 5.99. The van der Waals surface area contributed by atoms with Crippen molar-refractivity contribution in [1.29, 1.82) is 5.26 Å². The number of nitriles is 1. The molecule has 7 heteroatoms. The maximum atomic E-state index is 11.1. The number of nitrogen functional groups attached to an aromatic ring is 1. The van der Waals surface area contributed by atoms with E-state index in [1.54, 1.807) is 24.3 Å². The summed E-state index contributed by atoms with van der Waals surface area (Å²) < 4.78 is 1.33. The smallest absolute Gasteiger partial charge is 0.334 e. The molecule has 1 aromatic carbocycles. The monoisotopic (exact) mass is 271 g/mol. The highest BCUT2D eigenvalue weighted by atomic mass is 16.6. The number of rotatable bonds is 3.